The summed E-state index contributed by atoms with van der Waals surface area (Å²) in [6.07, 6.45) is 0.645. The summed E-state index contributed by atoms with van der Waals surface area (Å²) in [4.78, 5) is 2.43. The van der Waals surface area contributed by atoms with Crippen molar-refractivity contribution in [1.82, 2.24) is 4.90 Å². The third-order valence-corrected chi connectivity index (χ3v) is 3.95. The van der Waals surface area contributed by atoms with E-state index in [4.69, 9.17) is 18.0 Å². The molecule has 19 heavy (non-hydrogen) atoms. The first-order valence-corrected chi connectivity index (χ1v) is 6.87. The molecule has 2 rings (SSSR count). The average Bonchev–Trinajstić information content (AvgIpc) is 2.80. The highest BCUT2D eigenvalue weighted by molar-refractivity contribution is 7.80. The number of hydrogen-bond acceptors (Lipinski definition) is 3. The van der Waals surface area contributed by atoms with Gasteiger partial charge in [-0.25, -0.2) is 4.39 Å². The molecule has 0 radical (unpaired) electrons. The summed E-state index contributed by atoms with van der Waals surface area (Å²) in [5.41, 5.74) is 6.87. The molecule has 1 aliphatic heterocycles. The summed E-state index contributed by atoms with van der Waals surface area (Å²) in [6.45, 7) is 4.02. The Labute approximate surface area is 118 Å². The molecule has 3 N–H and O–H groups in total. The van der Waals surface area contributed by atoms with E-state index < -0.39 is 0 Å². The molecule has 0 bridgehead atoms. The highest BCUT2D eigenvalue weighted by atomic mass is 32.1. The van der Waals surface area contributed by atoms with E-state index >= 15 is 0 Å². The topological polar surface area (TPSA) is 49.5 Å². The molecule has 0 amide bonds. The highest BCUT2D eigenvalue weighted by Gasteiger charge is 2.26. The van der Waals surface area contributed by atoms with Crippen LogP contribution in [0.25, 0.3) is 0 Å². The molecule has 1 aliphatic rings. The number of aliphatic hydroxyl groups excluding tert-OH is 1. The van der Waals surface area contributed by atoms with Crippen molar-refractivity contribution in [3.8, 4) is 0 Å². The van der Waals surface area contributed by atoms with Crippen molar-refractivity contribution in [2.24, 2.45) is 11.7 Å². The van der Waals surface area contributed by atoms with E-state index in [0.29, 0.717) is 17.7 Å². The summed E-state index contributed by atoms with van der Waals surface area (Å²) in [5.74, 6) is 0.0438. The van der Waals surface area contributed by atoms with Gasteiger partial charge in [0.25, 0.3) is 0 Å². The fourth-order valence-electron chi connectivity index (χ4n) is 2.49. The normalized spacial score (nSPS) is 21.5. The molecule has 1 fully saturated rings. The van der Waals surface area contributed by atoms with Crippen molar-refractivity contribution >= 4 is 17.2 Å². The molecule has 3 nitrogen and oxygen atoms in total. The lowest BCUT2D eigenvalue weighted by Crippen LogP contribution is -2.24. The zero-order chi connectivity index (χ0) is 14.0. The number of nitrogens with zero attached hydrogens (tertiary/aromatic N) is 1. The molecule has 1 aromatic rings. The van der Waals surface area contributed by atoms with E-state index in [1.165, 1.54) is 6.07 Å². The Hall–Kier alpha value is -1.04. The van der Waals surface area contributed by atoms with Gasteiger partial charge in [-0.2, -0.15) is 0 Å². The molecule has 2 unspecified atom stereocenters. The molecule has 0 saturated carbocycles. The lowest BCUT2D eigenvalue weighted by molar-refractivity contribution is 0.127. The van der Waals surface area contributed by atoms with Crippen molar-refractivity contribution in [2.45, 2.75) is 26.0 Å². The molecular formula is C14H19FN2OS. The van der Waals surface area contributed by atoms with Crippen LogP contribution < -0.4 is 5.73 Å². The predicted octanol–water partition coefficient (Wildman–Crippen LogP) is 1.66. The van der Waals surface area contributed by atoms with Crippen LogP contribution in [0.15, 0.2) is 18.2 Å². The smallest absolute Gasteiger partial charge is 0.127 e. The van der Waals surface area contributed by atoms with Gasteiger partial charge in [-0.05, 0) is 44.0 Å². The van der Waals surface area contributed by atoms with Crippen molar-refractivity contribution in [3.05, 3.63) is 35.1 Å². The van der Waals surface area contributed by atoms with Crippen molar-refractivity contribution in [1.29, 1.82) is 0 Å². The Bertz CT molecular complexity index is 479. The van der Waals surface area contributed by atoms with E-state index in [-0.39, 0.29) is 22.8 Å². The lowest BCUT2D eigenvalue weighted by atomic mass is 10.0. The number of aliphatic hydroxyl groups is 1. The SMILES string of the molecule is CC(O)C1CCN(Cc2cc(C(N)=S)ccc2F)C1. The Morgan fingerprint density at radius 2 is 2.37 bits per heavy atom. The van der Waals surface area contributed by atoms with E-state index in [1.54, 1.807) is 12.1 Å². The maximum Gasteiger partial charge on any atom is 0.127 e. The van der Waals surface area contributed by atoms with E-state index in [9.17, 15) is 9.50 Å². The zero-order valence-electron chi connectivity index (χ0n) is 11.0. The van der Waals surface area contributed by atoms with Gasteiger partial charge in [-0.3, -0.25) is 4.90 Å². The van der Waals surface area contributed by atoms with Crippen molar-refractivity contribution in [2.75, 3.05) is 13.1 Å². The predicted molar refractivity (Wildman–Crippen MR) is 77.4 cm³/mol. The minimum Gasteiger partial charge on any atom is -0.393 e. The molecule has 0 aliphatic carbocycles. The number of thiocarbonyl (C=S) groups is 1. The van der Waals surface area contributed by atoms with Crippen molar-refractivity contribution in [3.63, 3.8) is 0 Å². The van der Waals surface area contributed by atoms with Gasteiger partial charge in [0.2, 0.25) is 0 Å². The molecule has 104 valence electrons. The van der Waals surface area contributed by atoms with E-state index in [0.717, 1.165) is 19.5 Å². The van der Waals surface area contributed by atoms with Crippen LogP contribution in [0.2, 0.25) is 0 Å². The standard InChI is InChI=1S/C14H19FN2OS/c1-9(18)11-4-5-17(7-11)8-12-6-10(14(16)19)2-3-13(12)15/h2-3,6,9,11,18H,4-5,7-8H2,1H3,(H2,16,19). The fraction of sp³-hybridized carbons (Fsp3) is 0.500. The van der Waals surface area contributed by atoms with Gasteiger partial charge < -0.3 is 10.8 Å². The maximum atomic E-state index is 13.8. The largest absolute Gasteiger partial charge is 0.393 e. The van der Waals surface area contributed by atoms with Crippen LogP contribution in [0.3, 0.4) is 0 Å². The fourth-order valence-corrected chi connectivity index (χ4v) is 2.62. The molecule has 2 atom stereocenters. The third kappa shape index (κ3) is 3.49. The van der Waals surface area contributed by atoms with Crippen LogP contribution in [0, 0.1) is 11.7 Å². The first-order valence-electron chi connectivity index (χ1n) is 6.46. The molecule has 1 heterocycles. The Morgan fingerprint density at radius 3 is 2.95 bits per heavy atom. The van der Waals surface area contributed by atoms with Crippen LogP contribution in [0.4, 0.5) is 4.39 Å². The Kier molecular flexibility index (Phi) is 4.50. The van der Waals surface area contributed by atoms with Gasteiger partial charge in [0.15, 0.2) is 0 Å². The highest BCUT2D eigenvalue weighted by Crippen LogP contribution is 2.22. The van der Waals surface area contributed by atoms with Gasteiger partial charge in [0, 0.05) is 24.2 Å². The molecule has 1 aromatic carbocycles. The number of rotatable bonds is 4. The number of benzene rings is 1. The number of likely N-dealkylation sites (tertiary alicyclic amines) is 1. The molecule has 0 spiro atoms. The molecule has 5 heteroatoms. The van der Waals surface area contributed by atoms with Crippen LogP contribution >= 0.6 is 12.2 Å². The summed E-state index contributed by atoms with van der Waals surface area (Å²) < 4.78 is 13.8. The second kappa shape index (κ2) is 5.94. The van der Waals surface area contributed by atoms with E-state index in [1.807, 2.05) is 6.92 Å². The third-order valence-electron chi connectivity index (χ3n) is 3.72. The minimum absolute atomic E-state index is 0.236. The summed E-state index contributed by atoms with van der Waals surface area (Å²) in [7, 11) is 0. The van der Waals surface area contributed by atoms with Gasteiger partial charge >= 0.3 is 0 Å². The van der Waals surface area contributed by atoms with Gasteiger partial charge in [0.05, 0.1) is 6.10 Å². The Balaban J connectivity index is 2.07. The molecular weight excluding hydrogens is 263 g/mol. The van der Waals surface area contributed by atoms with Crippen molar-refractivity contribution < 1.29 is 9.50 Å². The first-order chi connectivity index (χ1) is 8.97. The van der Waals surface area contributed by atoms with Crippen LogP contribution in [-0.2, 0) is 6.54 Å². The van der Waals surface area contributed by atoms with Crippen LogP contribution in [0.5, 0.6) is 0 Å². The van der Waals surface area contributed by atoms with Crippen LogP contribution in [0.1, 0.15) is 24.5 Å². The monoisotopic (exact) mass is 282 g/mol. The van der Waals surface area contributed by atoms with E-state index in [2.05, 4.69) is 4.90 Å². The second-order valence-corrected chi connectivity index (χ2v) is 5.63. The first kappa shape index (κ1) is 14.4. The quantitative estimate of drug-likeness (QED) is 0.825. The number of nitrogens with two attached hydrogens (primary N) is 1. The molecule has 0 aromatic heterocycles. The van der Waals surface area contributed by atoms with Gasteiger partial charge in [-0.15, -0.1) is 0 Å². The number of halogens is 1. The Morgan fingerprint density at radius 1 is 1.63 bits per heavy atom. The van der Waals surface area contributed by atoms with Gasteiger partial charge in [-0.1, -0.05) is 12.2 Å². The lowest BCUT2D eigenvalue weighted by Gasteiger charge is -2.18. The summed E-state index contributed by atoms with van der Waals surface area (Å²) in [6, 6.07) is 4.73. The second-order valence-electron chi connectivity index (χ2n) is 5.19. The summed E-state index contributed by atoms with van der Waals surface area (Å²) in [5, 5.41) is 9.57. The zero-order valence-corrected chi connectivity index (χ0v) is 11.8. The summed E-state index contributed by atoms with van der Waals surface area (Å²) >= 11 is 4.91. The minimum atomic E-state index is -0.308. The maximum absolute atomic E-state index is 13.8. The van der Waals surface area contributed by atoms with Gasteiger partial charge in [0.1, 0.15) is 10.8 Å². The number of hydrogen-bond donors (Lipinski definition) is 2. The molecule has 1 saturated heterocycles. The average molecular weight is 282 g/mol. The van der Waals surface area contributed by atoms with Crippen LogP contribution in [-0.4, -0.2) is 34.2 Å².